The molecular formula is C13H24N6O2. The SMILES string of the molecule is CCCCN(CC(N)=O)c1nc(NCC)nc(OCC)n1. The molecule has 0 aliphatic rings. The predicted octanol–water partition coefficient (Wildman–Crippen LogP) is 0.794. The average Bonchev–Trinajstić information content (AvgIpc) is 2.43. The lowest BCUT2D eigenvalue weighted by Crippen LogP contribution is -2.36. The van der Waals surface area contributed by atoms with Crippen molar-refractivity contribution < 1.29 is 9.53 Å². The molecule has 8 nitrogen and oxygen atoms in total. The summed E-state index contributed by atoms with van der Waals surface area (Å²) >= 11 is 0. The Labute approximate surface area is 125 Å². The minimum atomic E-state index is -0.422. The number of nitrogens with two attached hydrogens (primary N) is 1. The van der Waals surface area contributed by atoms with Gasteiger partial charge in [0, 0.05) is 13.1 Å². The van der Waals surface area contributed by atoms with E-state index in [0.717, 1.165) is 12.8 Å². The van der Waals surface area contributed by atoms with Gasteiger partial charge in [-0.25, -0.2) is 0 Å². The minimum absolute atomic E-state index is 0.0706. The molecule has 0 fully saturated rings. The number of ether oxygens (including phenoxy) is 1. The van der Waals surface area contributed by atoms with Crippen LogP contribution in [0, 0.1) is 0 Å². The molecule has 1 rings (SSSR count). The Hall–Kier alpha value is -2.12. The maximum Gasteiger partial charge on any atom is 0.323 e. The quantitative estimate of drug-likeness (QED) is 0.657. The molecule has 0 atom stereocenters. The van der Waals surface area contributed by atoms with E-state index in [-0.39, 0.29) is 12.6 Å². The maximum absolute atomic E-state index is 11.2. The molecular weight excluding hydrogens is 272 g/mol. The topological polar surface area (TPSA) is 106 Å². The zero-order valence-corrected chi connectivity index (χ0v) is 12.9. The van der Waals surface area contributed by atoms with E-state index in [4.69, 9.17) is 10.5 Å². The lowest BCUT2D eigenvalue weighted by molar-refractivity contribution is -0.116. The van der Waals surface area contributed by atoms with E-state index >= 15 is 0 Å². The fourth-order valence-corrected chi connectivity index (χ4v) is 1.70. The van der Waals surface area contributed by atoms with Crippen LogP contribution in [-0.4, -0.2) is 47.1 Å². The van der Waals surface area contributed by atoms with Crippen molar-refractivity contribution in [1.29, 1.82) is 0 Å². The molecule has 1 amide bonds. The summed E-state index contributed by atoms with van der Waals surface area (Å²) < 4.78 is 5.35. The average molecular weight is 296 g/mol. The number of amides is 1. The van der Waals surface area contributed by atoms with Gasteiger partial charge >= 0.3 is 6.01 Å². The number of nitrogens with zero attached hydrogens (tertiary/aromatic N) is 4. The van der Waals surface area contributed by atoms with Crippen LogP contribution in [0.3, 0.4) is 0 Å². The summed E-state index contributed by atoms with van der Waals surface area (Å²) in [5.74, 6) is 0.406. The first-order valence-corrected chi connectivity index (χ1v) is 7.26. The van der Waals surface area contributed by atoms with Crippen LogP contribution in [0.25, 0.3) is 0 Å². The highest BCUT2D eigenvalue weighted by Crippen LogP contribution is 2.15. The largest absolute Gasteiger partial charge is 0.464 e. The van der Waals surface area contributed by atoms with Crippen LogP contribution in [0.5, 0.6) is 6.01 Å². The molecule has 21 heavy (non-hydrogen) atoms. The summed E-state index contributed by atoms with van der Waals surface area (Å²) in [6, 6.07) is 0.240. The number of hydrogen-bond donors (Lipinski definition) is 2. The molecule has 0 aliphatic heterocycles. The zero-order valence-electron chi connectivity index (χ0n) is 12.9. The summed E-state index contributed by atoms with van der Waals surface area (Å²) in [6.07, 6.45) is 1.91. The van der Waals surface area contributed by atoms with Gasteiger partial charge in [-0.15, -0.1) is 0 Å². The van der Waals surface area contributed by atoms with E-state index in [2.05, 4.69) is 27.2 Å². The molecule has 0 saturated heterocycles. The molecule has 0 saturated carbocycles. The van der Waals surface area contributed by atoms with Gasteiger partial charge in [0.1, 0.15) is 0 Å². The Morgan fingerprint density at radius 1 is 1.29 bits per heavy atom. The lowest BCUT2D eigenvalue weighted by Gasteiger charge is -2.21. The summed E-state index contributed by atoms with van der Waals surface area (Å²) in [7, 11) is 0. The Balaban J connectivity index is 3.04. The van der Waals surface area contributed by atoms with Crippen molar-refractivity contribution in [2.75, 3.05) is 36.5 Å². The van der Waals surface area contributed by atoms with E-state index in [1.165, 1.54) is 0 Å². The summed E-state index contributed by atoms with van der Waals surface area (Å²) in [4.78, 5) is 25.7. The number of unbranched alkanes of at least 4 members (excludes halogenated alkanes) is 1. The lowest BCUT2D eigenvalue weighted by atomic mass is 10.3. The number of hydrogen-bond acceptors (Lipinski definition) is 7. The Morgan fingerprint density at radius 2 is 2.05 bits per heavy atom. The Kier molecular flexibility index (Phi) is 7.20. The van der Waals surface area contributed by atoms with Gasteiger partial charge in [0.2, 0.25) is 17.8 Å². The Morgan fingerprint density at radius 3 is 2.62 bits per heavy atom. The van der Waals surface area contributed by atoms with Gasteiger partial charge in [0.25, 0.3) is 0 Å². The molecule has 8 heteroatoms. The van der Waals surface area contributed by atoms with Crippen LogP contribution >= 0.6 is 0 Å². The fraction of sp³-hybridized carbons (Fsp3) is 0.692. The van der Waals surface area contributed by atoms with Crippen molar-refractivity contribution in [3.8, 4) is 6.01 Å². The monoisotopic (exact) mass is 296 g/mol. The van der Waals surface area contributed by atoms with Crippen LogP contribution in [0.2, 0.25) is 0 Å². The van der Waals surface area contributed by atoms with Gasteiger partial charge in [0.15, 0.2) is 0 Å². The van der Waals surface area contributed by atoms with Crippen LogP contribution in [0.1, 0.15) is 33.6 Å². The fourth-order valence-electron chi connectivity index (χ4n) is 1.70. The van der Waals surface area contributed by atoms with Gasteiger partial charge < -0.3 is 20.7 Å². The second-order valence-corrected chi connectivity index (χ2v) is 4.45. The number of anilines is 2. The number of rotatable bonds is 10. The molecule has 0 radical (unpaired) electrons. The smallest absolute Gasteiger partial charge is 0.323 e. The number of carbonyl (C=O) groups is 1. The van der Waals surface area contributed by atoms with E-state index in [0.29, 0.717) is 31.6 Å². The van der Waals surface area contributed by atoms with Crippen molar-refractivity contribution in [3.63, 3.8) is 0 Å². The van der Waals surface area contributed by atoms with E-state index in [1.54, 1.807) is 4.90 Å². The predicted molar refractivity (Wildman–Crippen MR) is 81.5 cm³/mol. The maximum atomic E-state index is 11.2. The number of nitrogens with one attached hydrogen (secondary N) is 1. The first-order valence-electron chi connectivity index (χ1n) is 7.26. The van der Waals surface area contributed by atoms with Crippen molar-refractivity contribution >= 4 is 17.8 Å². The van der Waals surface area contributed by atoms with Crippen molar-refractivity contribution in [2.45, 2.75) is 33.6 Å². The molecule has 1 aromatic rings. The van der Waals surface area contributed by atoms with E-state index in [9.17, 15) is 4.79 Å². The van der Waals surface area contributed by atoms with Gasteiger partial charge in [-0.2, -0.15) is 15.0 Å². The van der Waals surface area contributed by atoms with Gasteiger partial charge in [-0.05, 0) is 20.3 Å². The van der Waals surface area contributed by atoms with E-state index < -0.39 is 5.91 Å². The van der Waals surface area contributed by atoms with Crippen molar-refractivity contribution in [3.05, 3.63) is 0 Å². The summed E-state index contributed by atoms with van der Waals surface area (Å²) in [5, 5.41) is 3.03. The van der Waals surface area contributed by atoms with Crippen molar-refractivity contribution in [2.24, 2.45) is 5.73 Å². The number of primary amides is 1. The zero-order chi connectivity index (χ0) is 15.7. The van der Waals surface area contributed by atoms with Gasteiger partial charge in [-0.3, -0.25) is 4.79 Å². The third-order valence-corrected chi connectivity index (χ3v) is 2.62. The molecule has 0 aliphatic carbocycles. The number of carbonyl (C=O) groups excluding carboxylic acids is 1. The Bertz CT molecular complexity index is 430. The molecule has 3 N–H and O–H groups in total. The molecule has 0 aromatic carbocycles. The second-order valence-electron chi connectivity index (χ2n) is 4.45. The van der Waals surface area contributed by atoms with Crippen LogP contribution < -0.4 is 20.7 Å². The van der Waals surface area contributed by atoms with Crippen molar-refractivity contribution in [1.82, 2.24) is 15.0 Å². The van der Waals surface area contributed by atoms with Crippen LogP contribution in [-0.2, 0) is 4.79 Å². The molecule has 1 heterocycles. The number of aromatic nitrogens is 3. The third kappa shape index (κ3) is 5.80. The van der Waals surface area contributed by atoms with Crippen LogP contribution in [0.4, 0.5) is 11.9 Å². The van der Waals surface area contributed by atoms with Crippen LogP contribution in [0.15, 0.2) is 0 Å². The summed E-state index contributed by atoms with van der Waals surface area (Å²) in [6.45, 7) is 7.74. The van der Waals surface area contributed by atoms with Gasteiger partial charge in [-0.1, -0.05) is 13.3 Å². The molecule has 0 spiro atoms. The third-order valence-electron chi connectivity index (χ3n) is 2.62. The normalized spacial score (nSPS) is 10.2. The highest BCUT2D eigenvalue weighted by Gasteiger charge is 2.15. The van der Waals surface area contributed by atoms with Gasteiger partial charge in [0.05, 0.1) is 13.2 Å². The minimum Gasteiger partial charge on any atom is -0.464 e. The molecule has 0 bridgehead atoms. The standard InChI is InChI=1S/C13H24N6O2/c1-4-7-8-19(9-10(14)20)12-16-11(15-5-2)17-13(18-12)21-6-3/h4-9H2,1-3H3,(H2,14,20)(H,15,16,17,18). The first kappa shape index (κ1) is 16.9. The highest BCUT2D eigenvalue weighted by atomic mass is 16.5. The highest BCUT2D eigenvalue weighted by molar-refractivity contribution is 5.78. The first-order chi connectivity index (χ1) is 10.1. The van der Waals surface area contributed by atoms with E-state index in [1.807, 2.05) is 13.8 Å². The molecule has 1 aromatic heterocycles. The molecule has 118 valence electrons. The molecule has 0 unspecified atom stereocenters. The summed E-state index contributed by atoms with van der Waals surface area (Å²) in [5.41, 5.74) is 5.30. The second kappa shape index (κ2) is 8.93.